The van der Waals surface area contributed by atoms with Crippen molar-refractivity contribution in [1.82, 2.24) is 7.36 Å². The van der Waals surface area contributed by atoms with Crippen molar-refractivity contribution >= 4 is 26.1 Å². The molecule has 1 saturated carbocycles. The van der Waals surface area contributed by atoms with Gasteiger partial charge in [-0.25, -0.2) is 0 Å². The van der Waals surface area contributed by atoms with Crippen LogP contribution in [0.4, 0.5) is 0 Å². The van der Waals surface area contributed by atoms with Crippen LogP contribution < -0.4 is 0 Å². The van der Waals surface area contributed by atoms with Gasteiger partial charge in [0.1, 0.15) is 0 Å². The van der Waals surface area contributed by atoms with Gasteiger partial charge in [-0.2, -0.15) is 0 Å². The van der Waals surface area contributed by atoms with E-state index in [1.165, 1.54) is 0 Å². The maximum absolute atomic E-state index is 8.57. The number of rotatable bonds is 1. The Hall–Kier alpha value is -0.378. The number of aromatic nitrogens is 2. The average molecular weight is 337 g/mol. The van der Waals surface area contributed by atoms with E-state index in [1.807, 2.05) is 6.33 Å². The second-order valence-electron chi connectivity index (χ2n) is 2.82. The molecule has 1 aliphatic rings. The van der Waals surface area contributed by atoms with Crippen molar-refractivity contribution < 1.29 is 0 Å². The predicted octanol–water partition coefficient (Wildman–Crippen LogP) is 0.442. The molecule has 4 heteroatoms. The summed E-state index contributed by atoms with van der Waals surface area (Å²) in [5, 5.41) is 8.57. The second-order valence-corrected chi connectivity index (χ2v) is 5.14. The van der Waals surface area contributed by atoms with Crippen molar-refractivity contribution in [3.05, 3.63) is 18.2 Å². The van der Waals surface area contributed by atoms with Crippen molar-refractivity contribution in [3.63, 3.8) is 0 Å². The van der Waals surface area contributed by atoms with E-state index in [0.717, 1.165) is 38.2 Å². The van der Waals surface area contributed by atoms with Crippen LogP contribution in [0.15, 0.2) is 12.5 Å². The van der Waals surface area contributed by atoms with Gasteiger partial charge < -0.3 is 0 Å². The second kappa shape index (κ2) is 2.59. The van der Waals surface area contributed by atoms with E-state index in [-0.39, 0.29) is 5.92 Å². The van der Waals surface area contributed by atoms with Crippen LogP contribution in [0.25, 0.3) is 0 Å². The first-order valence-corrected chi connectivity index (χ1v) is 5.50. The standard InChI is InChI=1S/C7H6N3.Tl/c8-2-5-1-6(5)7-3-9-4-10-7;/h3-6H,1H2;/q-1;+1. The van der Waals surface area contributed by atoms with Crippen LogP contribution in [0.1, 0.15) is 18.0 Å². The Morgan fingerprint density at radius 1 is 1.82 bits per heavy atom. The topological polar surface area (TPSA) is 41.6 Å². The summed E-state index contributed by atoms with van der Waals surface area (Å²) >= 11 is 0.792. The van der Waals surface area contributed by atoms with Gasteiger partial charge in [-0.05, 0) is 0 Å². The van der Waals surface area contributed by atoms with Gasteiger partial charge >= 0.3 is 81.2 Å². The van der Waals surface area contributed by atoms with Gasteiger partial charge in [-0.15, -0.1) is 0 Å². The van der Waals surface area contributed by atoms with Crippen LogP contribution in [-0.2, 0) is 0 Å². The Morgan fingerprint density at radius 2 is 2.64 bits per heavy atom. The molecule has 0 bridgehead atoms. The Labute approximate surface area is 81.1 Å². The molecule has 1 fully saturated rings. The van der Waals surface area contributed by atoms with E-state index in [0.29, 0.717) is 5.92 Å². The Bertz CT molecular complexity index is 312. The van der Waals surface area contributed by atoms with Gasteiger partial charge in [-0.1, -0.05) is 0 Å². The van der Waals surface area contributed by atoms with E-state index in [1.54, 1.807) is 0 Å². The molecule has 0 N–H and O–H groups in total. The van der Waals surface area contributed by atoms with Gasteiger partial charge in [0, 0.05) is 0 Å². The zero-order chi connectivity index (χ0) is 7.84. The molecule has 1 aliphatic carbocycles. The third-order valence-corrected chi connectivity index (χ3v) is 3.06. The van der Waals surface area contributed by atoms with Crippen molar-refractivity contribution in [2.24, 2.45) is 5.92 Å². The minimum atomic E-state index is 0.245. The van der Waals surface area contributed by atoms with Crippen LogP contribution in [0.5, 0.6) is 0 Å². The zero-order valence-electron chi connectivity index (χ0n) is 5.94. The molecule has 52 valence electrons. The summed E-state index contributed by atoms with van der Waals surface area (Å²) in [4.78, 5) is 4.23. The van der Waals surface area contributed by atoms with Crippen LogP contribution in [0.3, 0.4) is 0 Å². The number of hydrogen-bond acceptors (Lipinski definition) is 2. The molecule has 0 amide bonds. The summed E-state index contributed by atoms with van der Waals surface area (Å²) < 4.78 is 2.09. The summed E-state index contributed by atoms with van der Waals surface area (Å²) in [6.45, 7) is 0. The van der Waals surface area contributed by atoms with E-state index >= 15 is 0 Å². The number of hydrogen-bond donors (Lipinski definition) is 0. The molecule has 11 heavy (non-hydrogen) atoms. The third kappa shape index (κ3) is 1.31. The SMILES string of the molecule is N#CC1CC1c1c[n]([Tl])cn1. The number of nitrogens with zero attached hydrogens (tertiary/aromatic N) is 3. The molecular formula is C7H6N3Tl. The van der Waals surface area contributed by atoms with Crippen LogP contribution >= 0.6 is 0 Å². The summed E-state index contributed by atoms with van der Waals surface area (Å²) in [5.74, 6) is 0.690. The molecule has 2 atom stereocenters. The molecular weight excluding hydrogens is 330 g/mol. The third-order valence-electron chi connectivity index (χ3n) is 1.96. The molecule has 0 saturated heterocycles. The minimum absolute atomic E-state index is 0.245. The average Bonchev–Trinajstić information content (AvgIpc) is 2.68. The number of imidazole rings is 1. The Balaban J connectivity index is 2.16. The van der Waals surface area contributed by atoms with E-state index < -0.39 is 0 Å². The molecule has 1 heterocycles. The summed E-state index contributed by atoms with van der Waals surface area (Å²) in [7, 11) is 0. The molecule has 3 nitrogen and oxygen atoms in total. The first kappa shape index (κ1) is 7.28. The molecule has 2 rings (SSSR count). The van der Waals surface area contributed by atoms with E-state index in [4.69, 9.17) is 5.26 Å². The maximum atomic E-state index is 8.57. The van der Waals surface area contributed by atoms with Crippen molar-refractivity contribution in [2.45, 2.75) is 12.3 Å². The van der Waals surface area contributed by atoms with Gasteiger partial charge in [0.2, 0.25) is 0 Å². The summed E-state index contributed by atoms with van der Waals surface area (Å²) in [5.41, 5.74) is 1.11. The van der Waals surface area contributed by atoms with Crippen molar-refractivity contribution in [3.8, 4) is 6.07 Å². The zero-order valence-corrected chi connectivity index (χ0v) is 10.4. The molecule has 0 radical (unpaired) electrons. The molecule has 1 aromatic rings. The van der Waals surface area contributed by atoms with Gasteiger partial charge in [0.15, 0.2) is 0 Å². The summed E-state index contributed by atoms with van der Waals surface area (Å²) in [6, 6.07) is 2.26. The first-order chi connectivity index (χ1) is 5.31. The normalized spacial score (nSPS) is 27.8. The fourth-order valence-electron chi connectivity index (χ4n) is 1.21. The van der Waals surface area contributed by atoms with Crippen LogP contribution in [-0.4, -0.2) is 33.4 Å². The molecule has 1 aromatic heterocycles. The van der Waals surface area contributed by atoms with Crippen molar-refractivity contribution in [2.75, 3.05) is 0 Å². The monoisotopic (exact) mass is 337 g/mol. The fourth-order valence-corrected chi connectivity index (χ4v) is 2.06. The van der Waals surface area contributed by atoms with E-state index in [2.05, 4.69) is 19.6 Å². The summed E-state index contributed by atoms with van der Waals surface area (Å²) in [6.07, 6.45) is 4.93. The Morgan fingerprint density at radius 3 is 3.09 bits per heavy atom. The fraction of sp³-hybridized carbons (Fsp3) is 0.429. The first-order valence-electron chi connectivity index (χ1n) is 3.50. The molecule has 2 unspecified atom stereocenters. The van der Waals surface area contributed by atoms with Gasteiger partial charge in [0.25, 0.3) is 0 Å². The van der Waals surface area contributed by atoms with Crippen molar-refractivity contribution in [1.29, 1.82) is 5.26 Å². The van der Waals surface area contributed by atoms with Gasteiger partial charge in [0.05, 0.1) is 0 Å². The molecule has 0 aromatic carbocycles. The van der Waals surface area contributed by atoms with Crippen LogP contribution in [0, 0.1) is 17.2 Å². The van der Waals surface area contributed by atoms with Gasteiger partial charge in [-0.3, -0.25) is 0 Å². The van der Waals surface area contributed by atoms with Crippen LogP contribution in [0.2, 0.25) is 0 Å². The van der Waals surface area contributed by atoms with E-state index in [9.17, 15) is 0 Å². The number of nitriles is 1. The Kier molecular flexibility index (Phi) is 1.71. The predicted molar refractivity (Wildman–Crippen MR) is 39.8 cm³/mol. The molecule has 0 aliphatic heterocycles. The molecule has 0 spiro atoms. The quantitative estimate of drug-likeness (QED) is 0.699.